The van der Waals surface area contributed by atoms with E-state index in [0.29, 0.717) is 13.1 Å². The van der Waals surface area contributed by atoms with Crippen LogP contribution in [0.25, 0.3) is 0 Å². The molecule has 0 aliphatic carbocycles. The van der Waals surface area contributed by atoms with Gasteiger partial charge in [0.25, 0.3) is 0 Å². The zero-order valence-electron chi connectivity index (χ0n) is 12.1. The van der Waals surface area contributed by atoms with Crippen molar-refractivity contribution in [3.8, 4) is 0 Å². The molecule has 6 nitrogen and oxygen atoms in total. The van der Waals surface area contributed by atoms with Crippen LogP contribution in [0.4, 0.5) is 0 Å². The van der Waals surface area contributed by atoms with Gasteiger partial charge in [-0.1, -0.05) is 0 Å². The van der Waals surface area contributed by atoms with Crippen LogP contribution < -0.4 is 5.73 Å². The number of amides is 2. The second-order valence-corrected chi connectivity index (χ2v) is 6.11. The maximum atomic E-state index is 12.3. The number of aliphatic hydroxyl groups is 1. The summed E-state index contributed by atoms with van der Waals surface area (Å²) in [7, 11) is 0. The lowest BCUT2D eigenvalue weighted by atomic mass is 9.97. The van der Waals surface area contributed by atoms with E-state index in [2.05, 4.69) is 4.90 Å². The van der Waals surface area contributed by atoms with E-state index in [4.69, 9.17) is 5.73 Å². The summed E-state index contributed by atoms with van der Waals surface area (Å²) in [6.07, 6.45) is 2.25. The third-order valence-electron chi connectivity index (χ3n) is 4.53. The van der Waals surface area contributed by atoms with E-state index >= 15 is 0 Å². The number of nitrogens with two attached hydrogens (primary N) is 1. The monoisotopic (exact) mass is 283 g/mol. The summed E-state index contributed by atoms with van der Waals surface area (Å²) in [4.78, 5) is 27.3. The van der Waals surface area contributed by atoms with Crippen LogP contribution in [-0.4, -0.2) is 65.5 Å². The molecule has 114 valence electrons. The van der Waals surface area contributed by atoms with Crippen molar-refractivity contribution in [1.82, 2.24) is 9.80 Å². The number of rotatable bonds is 4. The summed E-state index contributed by atoms with van der Waals surface area (Å²) < 4.78 is 0. The largest absolute Gasteiger partial charge is 0.393 e. The maximum Gasteiger partial charge on any atom is 0.236 e. The lowest BCUT2D eigenvalue weighted by Crippen LogP contribution is -2.47. The van der Waals surface area contributed by atoms with E-state index in [9.17, 15) is 14.7 Å². The van der Waals surface area contributed by atoms with Crippen LogP contribution in [0.2, 0.25) is 0 Å². The second-order valence-electron chi connectivity index (χ2n) is 6.11. The quantitative estimate of drug-likeness (QED) is 0.722. The summed E-state index contributed by atoms with van der Waals surface area (Å²) in [6, 6.07) is 0. The average Bonchev–Trinajstić information content (AvgIpc) is 2.87. The highest BCUT2D eigenvalue weighted by molar-refractivity contribution is 5.81. The number of aliphatic hydroxyl groups excluding tert-OH is 1. The summed E-state index contributed by atoms with van der Waals surface area (Å²) >= 11 is 0. The van der Waals surface area contributed by atoms with Crippen molar-refractivity contribution >= 4 is 11.8 Å². The van der Waals surface area contributed by atoms with Crippen LogP contribution in [-0.2, 0) is 9.59 Å². The molecule has 6 heteroatoms. The molecule has 2 saturated heterocycles. The van der Waals surface area contributed by atoms with Crippen LogP contribution in [0.1, 0.15) is 26.2 Å². The standard InChI is InChI=1S/C14H25N3O3/c1-10(18)11-4-6-16(7-11)9-13(19)17-5-2-3-12(8-17)14(15)20/h10-12,18H,2-9H2,1H3,(H2,15,20). The topological polar surface area (TPSA) is 86.9 Å². The van der Waals surface area contributed by atoms with E-state index in [0.717, 1.165) is 38.9 Å². The maximum absolute atomic E-state index is 12.3. The Balaban J connectivity index is 1.81. The number of primary amides is 1. The Hall–Kier alpha value is -1.14. The Morgan fingerprint density at radius 2 is 2.05 bits per heavy atom. The molecule has 2 fully saturated rings. The molecule has 0 spiro atoms. The molecule has 2 amide bonds. The Bertz CT molecular complexity index is 373. The van der Waals surface area contributed by atoms with Crippen LogP contribution in [0.15, 0.2) is 0 Å². The Kier molecular flexibility index (Phi) is 4.99. The first-order valence-corrected chi connectivity index (χ1v) is 7.45. The van der Waals surface area contributed by atoms with Crippen LogP contribution >= 0.6 is 0 Å². The second kappa shape index (κ2) is 6.54. The molecule has 0 saturated carbocycles. The molecule has 0 bridgehead atoms. The fourth-order valence-electron chi connectivity index (χ4n) is 3.13. The van der Waals surface area contributed by atoms with Crippen molar-refractivity contribution in [3.63, 3.8) is 0 Å². The molecule has 3 unspecified atom stereocenters. The molecule has 0 radical (unpaired) electrons. The van der Waals surface area contributed by atoms with Crippen LogP contribution in [0, 0.1) is 11.8 Å². The first kappa shape index (κ1) is 15.3. The van der Waals surface area contributed by atoms with E-state index in [-0.39, 0.29) is 29.8 Å². The highest BCUT2D eigenvalue weighted by Crippen LogP contribution is 2.21. The van der Waals surface area contributed by atoms with Gasteiger partial charge in [-0.05, 0) is 38.6 Å². The van der Waals surface area contributed by atoms with E-state index < -0.39 is 0 Å². The lowest BCUT2D eigenvalue weighted by molar-refractivity contribution is -0.135. The molecule has 0 aromatic carbocycles. The molecule has 3 N–H and O–H groups in total. The van der Waals surface area contributed by atoms with Gasteiger partial charge in [-0.2, -0.15) is 0 Å². The van der Waals surface area contributed by atoms with Gasteiger partial charge in [0.05, 0.1) is 18.6 Å². The smallest absolute Gasteiger partial charge is 0.236 e. The minimum Gasteiger partial charge on any atom is -0.393 e. The van der Waals surface area contributed by atoms with Crippen LogP contribution in [0.5, 0.6) is 0 Å². The van der Waals surface area contributed by atoms with Gasteiger partial charge in [-0.25, -0.2) is 0 Å². The molecule has 0 aromatic heterocycles. The lowest BCUT2D eigenvalue weighted by Gasteiger charge is -2.32. The first-order valence-electron chi connectivity index (χ1n) is 7.45. The first-order chi connectivity index (χ1) is 9.47. The zero-order valence-corrected chi connectivity index (χ0v) is 12.1. The fraction of sp³-hybridized carbons (Fsp3) is 0.857. The van der Waals surface area contributed by atoms with Gasteiger partial charge in [0.15, 0.2) is 0 Å². The van der Waals surface area contributed by atoms with E-state index in [1.165, 1.54) is 0 Å². The molecule has 3 atom stereocenters. The van der Waals surface area contributed by atoms with Crippen LogP contribution in [0.3, 0.4) is 0 Å². The van der Waals surface area contributed by atoms with Crippen molar-refractivity contribution < 1.29 is 14.7 Å². The minimum atomic E-state index is -0.315. The Labute approximate surface area is 119 Å². The predicted octanol–water partition coefficient (Wildman–Crippen LogP) is -0.587. The Morgan fingerprint density at radius 1 is 1.30 bits per heavy atom. The molecule has 2 aliphatic heterocycles. The van der Waals surface area contributed by atoms with Gasteiger partial charge in [0, 0.05) is 19.6 Å². The molecule has 20 heavy (non-hydrogen) atoms. The molecular weight excluding hydrogens is 258 g/mol. The summed E-state index contributed by atoms with van der Waals surface area (Å²) in [5.74, 6) is -0.168. The van der Waals surface area contributed by atoms with Crippen molar-refractivity contribution in [1.29, 1.82) is 0 Å². The molecule has 2 rings (SSSR count). The SMILES string of the molecule is CC(O)C1CCN(CC(=O)N2CCCC(C(N)=O)C2)C1. The van der Waals surface area contributed by atoms with Gasteiger partial charge >= 0.3 is 0 Å². The normalized spacial score (nSPS) is 29.4. The summed E-state index contributed by atoms with van der Waals surface area (Å²) in [5.41, 5.74) is 5.33. The average molecular weight is 283 g/mol. The number of hydrogen-bond donors (Lipinski definition) is 2. The van der Waals surface area contributed by atoms with Gasteiger partial charge in [0.2, 0.25) is 11.8 Å². The molecule has 0 aromatic rings. The molecule has 2 heterocycles. The number of carbonyl (C=O) groups is 2. The highest BCUT2D eigenvalue weighted by Gasteiger charge is 2.31. The van der Waals surface area contributed by atoms with Crippen molar-refractivity contribution in [2.24, 2.45) is 17.6 Å². The zero-order chi connectivity index (χ0) is 14.7. The molecule has 2 aliphatic rings. The third-order valence-corrected chi connectivity index (χ3v) is 4.53. The fourth-order valence-corrected chi connectivity index (χ4v) is 3.13. The Morgan fingerprint density at radius 3 is 2.65 bits per heavy atom. The van der Waals surface area contributed by atoms with Crippen molar-refractivity contribution in [3.05, 3.63) is 0 Å². The van der Waals surface area contributed by atoms with Gasteiger partial charge in [-0.3, -0.25) is 14.5 Å². The van der Waals surface area contributed by atoms with Crippen molar-refractivity contribution in [2.75, 3.05) is 32.7 Å². The number of carbonyl (C=O) groups excluding carboxylic acids is 2. The number of likely N-dealkylation sites (tertiary alicyclic amines) is 2. The van der Waals surface area contributed by atoms with Gasteiger partial charge < -0.3 is 15.7 Å². The summed E-state index contributed by atoms with van der Waals surface area (Å²) in [5, 5.41) is 9.58. The minimum absolute atomic E-state index is 0.0715. The van der Waals surface area contributed by atoms with E-state index in [1.807, 2.05) is 0 Å². The number of hydrogen-bond acceptors (Lipinski definition) is 4. The van der Waals surface area contributed by atoms with Crippen molar-refractivity contribution in [2.45, 2.75) is 32.3 Å². The molecular formula is C14H25N3O3. The number of piperidine rings is 1. The third kappa shape index (κ3) is 3.70. The highest BCUT2D eigenvalue weighted by atomic mass is 16.3. The predicted molar refractivity (Wildman–Crippen MR) is 74.7 cm³/mol. The van der Waals surface area contributed by atoms with E-state index in [1.54, 1.807) is 11.8 Å². The summed E-state index contributed by atoms with van der Waals surface area (Å²) in [6.45, 7) is 5.00. The number of nitrogens with zero attached hydrogens (tertiary/aromatic N) is 2. The van der Waals surface area contributed by atoms with Gasteiger partial charge in [-0.15, -0.1) is 0 Å². The van der Waals surface area contributed by atoms with Gasteiger partial charge in [0.1, 0.15) is 0 Å².